The van der Waals surface area contributed by atoms with Crippen LogP contribution in [0, 0.1) is 23.7 Å². The average Bonchev–Trinajstić information content (AvgIpc) is 2.49. The van der Waals surface area contributed by atoms with E-state index in [2.05, 4.69) is 0 Å². The molecule has 0 aliphatic heterocycles. The van der Waals surface area contributed by atoms with Crippen molar-refractivity contribution < 1.29 is 49.7 Å². The minimum absolute atomic E-state index is 0.0604. The predicted octanol–water partition coefficient (Wildman–Crippen LogP) is 4.60. The van der Waals surface area contributed by atoms with Gasteiger partial charge in [0.05, 0.1) is 0 Å². The summed E-state index contributed by atoms with van der Waals surface area (Å²) in [7, 11) is 0. The lowest BCUT2D eigenvalue weighted by Crippen LogP contribution is -2.64. The summed E-state index contributed by atoms with van der Waals surface area (Å²) in [5, 5.41) is 19.0. The average molecular weight is 402 g/mol. The van der Waals surface area contributed by atoms with E-state index in [1.807, 2.05) is 0 Å². The monoisotopic (exact) mass is 402 g/mol. The zero-order valence-corrected chi connectivity index (χ0v) is 13.4. The van der Waals surface area contributed by atoms with Crippen molar-refractivity contribution in [2.45, 2.75) is 68.8 Å². The van der Waals surface area contributed by atoms with Gasteiger partial charge in [0, 0.05) is 5.92 Å². The largest absolute Gasteiger partial charge is 0.426 e. The molecular weight excluding hydrogens is 383 g/mol. The van der Waals surface area contributed by atoms with Gasteiger partial charge in [0.25, 0.3) is 5.60 Å². The highest BCUT2D eigenvalue weighted by atomic mass is 19.4. The first kappa shape index (κ1) is 21.6. The molecule has 2 N–H and O–H groups in total. The maximum Gasteiger partial charge on any atom is 0.426 e. The molecule has 0 aromatic carbocycles. The molecule has 0 bridgehead atoms. The Morgan fingerprint density at radius 3 is 1.77 bits per heavy atom. The van der Waals surface area contributed by atoms with Crippen molar-refractivity contribution in [3.05, 3.63) is 0 Å². The van der Waals surface area contributed by atoms with Gasteiger partial charge in [-0.25, -0.2) is 0 Å². The first-order valence-corrected chi connectivity index (χ1v) is 8.21. The number of hydrogen-bond donors (Lipinski definition) is 2. The molecule has 2 aliphatic carbocycles. The van der Waals surface area contributed by atoms with Crippen LogP contribution in [0.5, 0.6) is 0 Å². The summed E-state index contributed by atoms with van der Waals surface area (Å²) in [6.45, 7) is 0. The SMILES string of the molecule is OC(C1CCC2C(CCCC2C(O)(C(F)(F)F)C(F)(F)F)C1)C(F)(F)F. The van der Waals surface area contributed by atoms with E-state index in [1.54, 1.807) is 0 Å². The summed E-state index contributed by atoms with van der Waals surface area (Å²) in [5.41, 5.74) is -4.89. The van der Waals surface area contributed by atoms with Crippen molar-refractivity contribution in [1.82, 2.24) is 0 Å². The van der Waals surface area contributed by atoms with Gasteiger partial charge in [0.15, 0.2) is 6.10 Å². The second-order valence-electron chi connectivity index (χ2n) is 7.28. The van der Waals surface area contributed by atoms with Gasteiger partial charge in [-0.2, -0.15) is 39.5 Å². The van der Waals surface area contributed by atoms with Gasteiger partial charge >= 0.3 is 18.5 Å². The molecule has 0 heterocycles. The number of aliphatic hydroxyl groups excluding tert-OH is 1. The lowest BCUT2D eigenvalue weighted by molar-refractivity contribution is -0.393. The number of rotatable bonds is 2. The van der Waals surface area contributed by atoms with Crippen LogP contribution >= 0.6 is 0 Å². The van der Waals surface area contributed by atoms with E-state index < -0.39 is 60.3 Å². The molecule has 0 aromatic heterocycles. The minimum Gasteiger partial charge on any atom is -0.383 e. The number of fused-ring (bicyclic) bond motifs is 1. The molecule has 11 heteroatoms. The van der Waals surface area contributed by atoms with Crippen LogP contribution < -0.4 is 0 Å². The highest BCUT2D eigenvalue weighted by Crippen LogP contribution is 2.57. The normalized spacial score (nSPS) is 32.9. The number of aliphatic hydroxyl groups is 2. The van der Waals surface area contributed by atoms with E-state index in [1.165, 1.54) is 0 Å². The smallest absolute Gasteiger partial charge is 0.383 e. The van der Waals surface area contributed by atoms with Gasteiger partial charge in [0.1, 0.15) is 0 Å². The Kier molecular flexibility index (Phi) is 5.58. The lowest BCUT2D eigenvalue weighted by atomic mass is 9.58. The van der Waals surface area contributed by atoms with Crippen molar-refractivity contribution in [3.8, 4) is 0 Å². The summed E-state index contributed by atoms with van der Waals surface area (Å²) in [6, 6.07) is 0. The summed E-state index contributed by atoms with van der Waals surface area (Å²) < 4.78 is 117. The van der Waals surface area contributed by atoms with Crippen LogP contribution in [-0.4, -0.2) is 40.4 Å². The van der Waals surface area contributed by atoms with Crippen molar-refractivity contribution in [2.24, 2.45) is 23.7 Å². The van der Waals surface area contributed by atoms with E-state index in [9.17, 15) is 49.7 Å². The van der Waals surface area contributed by atoms with E-state index in [4.69, 9.17) is 0 Å². The van der Waals surface area contributed by atoms with Crippen molar-refractivity contribution >= 4 is 0 Å². The van der Waals surface area contributed by atoms with Crippen molar-refractivity contribution in [3.63, 3.8) is 0 Å². The third kappa shape index (κ3) is 3.65. The fourth-order valence-electron chi connectivity index (χ4n) is 4.65. The Morgan fingerprint density at radius 1 is 0.769 bits per heavy atom. The highest BCUT2D eigenvalue weighted by molar-refractivity contribution is 5.05. The molecule has 2 nitrogen and oxygen atoms in total. The Morgan fingerprint density at radius 2 is 1.31 bits per heavy atom. The number of hydrogen-bond acceptors (Lipinski definition) is 2. The predicted molar refractivity (Wildman–Crippen MR) is 70.8 cm³/mol. The quantitative estimate of drug-likeness (QED) is 0.663. The minimum atomic E-state index is -5.94. The van der Waals surface area contributed by atoms with Gasteiger partial charge < -0.3 is 10.2 Å². The van der Waals surface area contributed by atoms with Crippen LogP contribution in [0.2, 0.25) is 0 Å². The maximum absolute atomic E-state index is 13.1. The summed E-state index contributed by atoms with van der Waals surface area (Å²) in [6.07, 6.45) is -20.8. The van der Waals surface area contributed by atoms with E-state index in [0.29, 0.717) is 0 Å². The number of alkyl halides is 9. The fraction of sp³-hybridized carbons (Fsp3) is 1.00. The zero-order chi connectivity index (χ0) is 20.1. The molecule has 2 rings (SSSR count). The first-order valence-electron chi connectivity index (χ1n) is 8.21. The van der Waals surface area contributed by atoms with Crippen LogP contribution in [0.4, 0.5) is 39.5 Å². The van der Waals surface area contributed by atoms with E-state index in [0.717, 1.165) is 0 Å². The molecule has 154 valence electrons. The summed E-state index contributed by atoms with van der Waals surface area (Å²) in [5.74, 6) is -5.46. The zero-order valence-electron chi connectivity index (χ0n) is 13.4. The molecule has 0 radical (unpaired) electrons. The molecule has 0 aromatic rings. The molecular formula is C15H19F9O2. The molecule has 0 amide bonds. The number of halogens is 9. The molecule has 2 fully saturated rings. The van der Waals surface area contributed by atoms with Crippen LogP contribution in [0.1, 0.15) is 38.5 Å². The maximum atomic E-state index is 13.1. The Bertz CT molecular complexity index is 483. The Balaban J connectivity index is 2.27. The van der Waals surface area contributed by atoms with Crippen molar-refractivity contribution in [1.29, 1.82) is 0 Å². The third-order valence-corrected chi connectivity index (χ3v) is 5.87. The molecule has 26 heavy (non-hydrogen) atoms. The lowest BCUT2D eigenvalue weighted by Gasteiger charge is -2.50. The molecule has 2 saturated carbocycles. The summed E-state index contributed by atoms with van der Waals surface area (Å²) >= 11 is 0. The third-order valence-electron chi connectivity index (χ3n) is 5.87. The first-order chi connectivity index (χ1) is 11.6. The Hall–Kier alpha value is -0.710. The molecule has 0 saturated heterocycles. The van der Waals surface area contributed by atoms with Crippen LogP contribution in [0.15, 0.2) is 0 Å². The molecule has 5 atom stereocenters. The molecule has 0 spiro atoms. The van der Waals surface area contributed by atoms with E-state index in [-0.39, 0.29) is 32.1 Å². The second-order valence-corrected chi connectivity index (χ2v) is 7.28. The van der Waals surface area contributed by atoms with Gasteiger partial charge in [-0.3, -0.25) is 0 Å². The highest BCUT2D eigenvalue weighted by Gasteiger charge is 2.75. The summed E-state index contributed by atoms with van der Waals surface area (Å²) in [4.78, 5) is 0. The topological polar surface area (TPSA) is 40.5 Å². The standard InChI is InChI=1S/C15H19F9O2/c16-13(17,18)11(25)8-4-5-9-7(6-8)2-1-3-10(9)12(26,14(19,20)21)15(22,23)24/h7-11,25-26H,1-6H2. The molecule has 2 aliphatic rings. The second kappa shape index (κ2) is 6.72. The van der Waals surface area contributed by atoms with Crippen molar-refractivity contribution in [2.75, 3.05) is 0 Å². The van der Waals surface area contributed by atoms with Gasteiger partial charge in [-0.1, -0.05) is 12.8 Å². The van der Waals surface area contributed by atoms with Crippen LogP contribution in [0.3, 0.4) is 0 Å². The van der Waals surface area contributed by atoms with Crippen LogP contribution in [-0.2, 0) is 0 Å². The molecule has 5 unspecified atom stereocenters. The van der Waals surface area contributed by atoms with Gasteiger partial charge in [-0.15, -0.1) is 0 Å². The van der Waals surface area contributed by atoms with E-state index >= 15 is 0 Å². The fourth-order valence-corrected chi connectivity index (χ4v) is 4.65. The van der Waals surface area contributed by atoms with Gasteiger partial charge in [-0.05, 0) is 43.4 Å². The van der Waals surface area contributed by atoms with Crippen LogP contribution in [0.25, 0.3) is 0 Å². The van der Waals surface area contributed by atoms with Gasteiger partial charge in [0.2, 0.25) is 0 Å². The Labute approximate surface area is 143 Å².